The number of benzene rings is 1. The third kappa shape index (κ3) is 5.96. The second-order valence-corrected chi connectivity index (χ2v) is 8.81. The predicted octanol–water partition coefficient (Wildman–Crippen LogP) is 4.67. The molecule has 0 radical (unpaired) electrons. The van der Waals surface area contributed by atoms with Crippen LogP contribution in [0.3, 0.4) is 0 Å². The van der Waals surface area contributed by atoms with E-state index in [-0.39, 0.29) is 29.6 Å². The van der Waals surface area contributed by atoms with Gasteiger partial charge in [-0.15, -0.1) is 0 Å². The van der Waals surface area contributed by atoms with Gasteiger partial charge in [-0.1, -0.05) is 24.3 Å². The molecule has 1 saturated heterocycles. The summed E-state index contributed by atoms with van der Waals surface area (Å²) in [6.45, 7) is 8.19. The number of furan rings is 1. The minimum Gasteiger partial charge on any atom is -0.451 e. The van der Waals surface area contributed by atoms with Crippen LogP contribution < -0.4 is 5.32 Å². The molecule has 2 amide bonds. The molecule has 1 aliphatic rings. The molecule has 0 aliphatic carbocycles. The van der Waals surface area contributed by atoms with Crippen molar-refractivity contribution in [3.05, 3.63) is 47.7 Å². The Bertz CT molecular complexity index is 940. The minimum absolute atomic E-state index is 0.00133. The highest BCUT2D eigenvalue weighted by Gasteiger charge is 2.31. The largest absolute Gasteiger partial charge is 0.451 e. The van der Waals surface area contributed by atoms with Crippen LogP contribution in [-0.4, -0.2) is 47.4 Å². The van der Waals surface area contributed by atoms with Gasteiger partial charge in [-0.25, -0.2) is 4.79 Å². The number of carbonyl (C=O) groups is 3. The van der Waals surface area contributed by atoms with Gasteiger partial charge in [0.05, 0.1) is 0 Å². The zero-order chi connectivity index (χ0) is 22.6. The van der Waals surface area contributed by atoms with E-state index in [9.17, 15) is 14.4 Å². The summed E-state index contributed by atoms with van der Waals surface area (Å²) in [6, 6.07) is 10.5. The lowest BCUT2D eigenvalue weighted by Gasteiger charge is -2.28. The van der Waals surface area contributed by atoms with Gasteiger partial charge < -0.3 is 19.4 Å². The van der Waals surface area contributed by atoms with E-state index < -0.39 is 5.60 Å². The van der Waals surface area contributed by atoms with Gasteiger partial charge in [-0.3, -0.25) is 9.59 Å². The van der Waals surface area contributed by atoms with Crippen molar-refractivity contribution in [3.63, 3.8) is 0 Å². The van der Waals surface area contributed by atoms with Crippen molar-refractivity contribution < 1.29 is 23.5 Å². The fourth-order valence-corrected chi connectivity index (χ4v) is 3.62. The van der Waals surface area contributed by atoms with E-state index in [0.717, 1.165) is 18.4 Å². The Morgan fingerprint density at radius 2 is 1.84 bits per heavy atom. The zero-order valence-electron chi connectivity index (χ0n) is 18.6. The molecule has 1 aromatic carbocycles. The van der Waals surface area contributed by atoms with Crippen LogP contribution >= 0.6 is 0 Å². The van der Waals surface area contributed by atoms with Crippen LogP contribution in [0.25, 0.3) is 11.3 Å². The molecule has 31 heavy (non-hydrogen) atoms. The maximum Gasteiger partial charge on any atom is 0.410 e. The molecule has 3 rings (SSSR count). The van der Waals surface area contributed by atoms with E-state index in [4.69, 9.17) is 9.15 Å². The summed E-state index contributed by atoms with van der Waals surface area (Å²) >= 11 is 0. The Kier molecular flexibility index (Phi) is 6.83. The molecule has 1 fully saturated rings. The lowest BCUT2D eigenvalue weighted by Crippen LogP contribution is -2.41. The highest BCUT2D eigenvalue weighted by atomic mass is 16.6. The highest BCUT2D eigenvalue weighted by molar-refractivity contribution is 5.94. The summed E-state index contributed by atoms with van der Waals surface area (Å²) < 4.78 is 11.2. The van der Waals surface area contributed by atoms with Crippen LogP contribution in [0, 0.1) is 0 Å². The third-order valence-electron chi connectivity index (χ3n) is 5.17. The van der Waals surface area contributed by atoms with Gasteiger partial charge >= 0.3 is 6.09 Å². The fourth-order valence-electron chi connectivity index (χ4n) is 3.62. The Labute approximate surface area is 182 Å². The minimum atomic E-state index is -0.526. The molecule has 1 atom stereocenters. The summed E-state index contributed by atoms with van der Waals surface area (Å²) in [5, 5.41) is 2.87. The van der Waals surface area contributed by atoms with Crippen LogP contribution in [0.4, 0.5) is 4.79 Å². The Morgan fingerprint density at radius 3 is 2.48 bits per heavy atom. The summed E-state index contributed by atoms with van der Waals surface area (Å²) in [5.74, 6) is 0.486. The number of likely N-dealkylation sites (tertiary alicyclic amines) is 1. The third-order valence-corrected chi connectivity index (χ3v) is 5.17. The lowest BCUT2D eigenvalue weighted by molar-refractivity contribution is 0.0221. The second kappa shape index (κ2) is 9.37. The summed E-state index contributed by atoms with van der Waals surface area (Å²) in [7, 11) is 0. The quantitative estimate of drug-likeness (QED) is 0.678. The second-order valence-electron chi connectivity index (χ2n) is 8.81. The van der Waals surface area contributed by atoms with E-state index in [2.05, 4.69) is 5.32 Å². The topological polar surface area (TPSA) is 88.9 Å². The van der Waals surface area contributed by atoms with Crippen molar-refractivity contribution in [2.45, 2.75) is 58.6 Å². The first kappa shape index (κ1) is 22.6. The Morgan fingerprint density at radius 1 is 1.13 bits per heavy atom. The number of carbonyl (C=O) groups excluding carboxylic acids is 3. The van der Waals surface area contributed by atoms with Gasteiger partial charge in [0.15, 0.2) is 11.5 Å². The number of ketones is 1. The summed E-state index contributed by atoms with van der Waals surface area (Å²) in [6.07, 6.45) is 2.19. The Balaban J connectivity index is 1.52. The maximum absolute atomic E-state index is 12.5. The molecule has 0 unspecified atom stereocenters. The lowest BCUT2D eigenvalue weighted by atomic mass is 10.1. The number of nitrogens with zero attached hydrogens (tertiary/aromatic N) is 1. The number of hydrogen-bond acceptors (Lipinski definition) is 5. The number of rotatable bonds is 6. The van der Waals surface area contributed by atoms with Gasteiger partial charge in [0.25, 0.3) is 5.91 Å². The molecular formula is C24H30N2O5. The first-order valence-electron chi connectivity index (χ1n) is 10.6. The molecule has 0 saturated carbocycles. The smallest absolute Gasteiger partial charge is 0.410 e. The van der Waals surface area contributed by atoms with E-state index in [1.807, 2.05) is 20.8 Å². The van der Waals surface area contributed by atoms with Crippen molar-refractivity contribution in [1.29, 1.82) is 0 Å². The summed E-state index contributed by atoms with van der Waals surface area (Å²) in [4.78, 5) is 38.0. The average molecular weight is 427 g/mol. The molecule has 1 aliphatic heterocycles. The molecule has 7 heteroatoms. The summed E-state index contributed by atoms with van der Waals surface area (Å²) in [5.41, 5.74) is 0.894. The number of ether oxygens (including phenoxy) is 1. The van der Waals surface area contributed by atoms with Gasteiger partial charge in [-0.2, -0.15) is 0 Å². The van der Waals surface area contributed by atoms with Gasteiger partial charge in [0, 0.05) is 30.3 Å². The number of nitrogens with one attached hydrogen (secondary N) is 1. The first-order valence-corrected chi connectivity index (χ1v) is 10.6. The van der Waals surface area contributed by atoms with Crippen LogP contribution in [0.1, 0.15) is 67.9 Å². The van der Waals surface area contributed by atoms with Crippen LogP contribution in [-0.2, 0) is 4.74 Å². The van der Waals surface area contributed by atoms with Crippen LogP contribution in [0.2, 0.25) is 0 Å². The van der Waals surface area contributed by atoms with Crippen molar-refractivity contribution >= 4 is 17.8 Å². The molecule has 0 bridgehead atoms. The fraction of sp³-hybridized carbons (Fsp3) is 0.458. The number of hydrogen-bond donors (Lipinski definition) is 1. The number of amides is 2. The molecule has 2 aromatic rings. The molecule has 2 heterocycles. The zero-order valence-corrected chi connectivity index (χ0v) is 18.6. The molecule has 7 nitrogen and oxygen atoms in total. The van der Waals surface area contributed by atoms with E-state index in [1.165, 1.54) is 6.92 Å². The molecule has 0 spiro atoms. The van der Waals surface area contributed by atoms with Crippen molar-refractivity contribution in [2.75, 3.05) is 13.1 Å². The van der Waals surface area contributed by atoms with Crippen molar-refractivity contribution in [2.24, 2.45) is 0 Å². The van der Waals surface area contributed by atoms with Gasteiger partial charge in [-0.05, 0) is 59.1 Å². The maximum atomic E-state index is 12.5. The van der Waals surface area contributed by atoms with Gasteiger partial charge in [0.2, 0.25) is 0 Å². The van der Waals surface area contributed by atoms with Crippen LogP contribution in [0.5, 0.6) is 0 Å². The molecule has 1 N–H and O–H groups in total. The van der Waals surface area contributed by atoms with Crippen LogP contribution in [0.15, 0.2) is 40.8 Å². The Hall–Kier alpha value is -3.09. The molecule has 1 aromatic heterocycles. The first-order chi connectivity index (χ1) is 14.6. The van der Waals surface area contributed by atoms with Crippen molar-refractivity contribution in [1.82, 2.24) is 10.2 Å². The predicted molar refractivity (Wildman–Crippen MR) is 117 cm³/mol. The standard InChI is InChI=1S/C24H30N2O5/c1-16(27)17-7-9-18(10-8-17)20-11-12-21(30-20)22(28)25-14-13-19-6-5-15-26(19)23(29)31-24(2,3)4/h7-12,19H,5-6,13-15H2,1-4H3,(H,25,28)/t19-/m0/s1. The van der Waals surface area contributed by atoms with E-state index in [0.29, 0.717) is 30.8 Å². The number of Topliss-reactive ketones (excluding diaryl/α,β-unsaturated/α-hetero) is 1. The highest BCUT2D eigenvalue weighted by Crippen LogP contribution is 2.24. The normalized spacial score (nSPS) is 16.3. The monoisotopic (exact) mass is 426 g/mol. The molecular weight excluding hydrogens is 396 g/mol. The SMILES string of the molecule is CC(=O)c1ccc(-c2ccc(C(=O)NCC[C@@H]3CCCN3C(=O)OC(C)(C)C)o2)cc1. The molecule has 166 valence electrons. The van der Waals surface area contributed by atoms with E-state index in [1.54, 1.807) is 41.3 Å². The average Bonchev–Trinajstić information content (AvgIpc) is 3.36. The van der Waals surface area contributed by atoms with Crippen molar-refractivity contribution in [3.8, 4) is 11.3 Å². The van der Waals surface area contributed by atoms with Gasteiger partial charge in [0.1, 0.15) is 11.4 Å². The van der Waals surface area contributed by atoms with E-state index >= 15 is 0 Å².